The maximum absolute atomic E-state index is 13.1. The minimum absolute atomic E-state index is 0.0676. The molecule has 3 heteroatoms. The van der Waals surface area contributed by atoms with Gasteiger partial charge in [0, 0.05) is 11.0 Å². The maximum atomic E-state index is 13.1. The highest BCUT2D eigenvalue weighted by molar-refractivity contribution is 5.39. The summed E-state index contributed by atoms with van der Waals surface area (Å²) in [6, 6.07) is 8.14. The number of allylic oxidation sites excluding steroid dienone is 1. The van der Waals surface area contributed by atoms with Crippen LogP contribution in [-0.2, 0) is 11.8 Å². The van der Waals surface area contributed by atoms with E-state index in [1.807, 2.05) is 12.1 Å². The largest absolute Gasteiger partial charge is 0.412 e. The Bertz CT molecular complexity index is 552. The number of halogens is 3. The Morgan fingerprint density at radius 3 is 2.50 bits per heavy atom. The Morgan fingerprint density at radius 2 is 1.82 bits per heavy atom. The van der Waals surface area contributed by atoms with Crippen molar-refractivity contribution in [3.8, 4) is 0 Å². The molecule has 0 radical (unpaired) electrons. The second kappa shape index (κ2) is 5.75. The molecule has 1 aromatic carbocycles. The van der Waals surface area contributed by atoms with Crippen LogP contribution in [0.5, 0.6) is 0 Å². The molecule has 2 aliphatic carbocycles. The molecule has 22 heavy (non-hydrogen) atoms. The average Bonchev–Trinajstić information content (AvgIpc) is 3.01. The molecule has 1 atom stereocenters. The monoisotopic (exact) mass is 308 g/mol. The number of hydrogen-bond acceptors (Lipinski definition) is 0. The van der Waals surface area contributed by atoms with Crippen LogP contribution in [0.2, 0.25) is 0 Å². The second-order valence-corrected chi connectivity index (χ2v) is 6.93. The summed E-state index contributed by atoms with van der Waals surface area (Å²) in [5.74, 6) is 0.369. The highest BCUT2D eigenvalue weighted by atomic mass is 19.4. The Labute approximate surface area is 130 Å². The summed E-state index contributed by atoms with van der Waals surface area (Å²) in [7, 11) is 0. The van der Waals surface area contributed by atoms with E-state index in [0.29, 0.717) is 5.92 Å². The van der Waals surface area contributed by atoms with E-state index < -0.39 is 11.7 Å². The summed E-state index contributed by atoms with van der Waals surface area (Å²) < 4.78 is 39.4. The third-order valence-electron chi connectivity index (χ3n) is 5.69. The Morgan fingerprint density at radius 1 is 1.14 bits per heavy atom. The van der Waals surface area contributed by atoms with E-state index in [1.54, 1.807) is 0 Å². The molecule has 0 N–H and O–H groups in total. The smallest absolute Gasteiger partial charge is 0.167 e. The fraction of sp³-hybridized carbons (Fsp3) is 0.579. The van der Waals surface area contributed by atoms with Crippen molar-refractivity contribution in [1.82, 2.24) is 0 Å². The SMILES string of the molecule is C=C(CC1(C2CCCC2)CCCc2ccccc21)C(F)(F)F. The molecule has 3 rings (SSSR count). The fourth-order valence-corrected chi connectivity index (χ4v) is 4.66. The van der Waals surface area contributed by atoms with E-state index >= 15 is 0 Å². The first-order valence-corrected chi connectivity index (χ1v) is 8.27. The van der Waals surface area contributed by atoms with Crippen molar-refractivity contribution in [1.29, 1.82) is 0 Å². The van der Waals surface area contributed by atoms with Gasteiger partial charge >= 0.3 is 6.18 Å². The molecule has 0 saturated heterocycles. The Balaban J connectivity index is 2.03. The quantitative estimate of drug-likeness (QED) is 0.604. The molecular weight excluding hydrogens is 285 g/mol. The lowest BCUT2D eigenvalue weighted by atomic mass is 9.59. The lowest BCUT2D eigenvalue weighted by molar-refractivity contribution is -0.0966. The molecule has 0 bridgehead atoms. The molecule has 0 nitrogen and oxygen atoms in total. The molecule has 1 fully saturated rings. The molecule has 0 aromatic heterocycles. The standard InChI is InChI=1S/C19H23F3/c1-14(19(20,21)22)13-18(16-9-3-4-10-16)12-6-8-15-7-2-5-11-17(15)18/h2,5,7,11,16H,1,3-4,6,8-10,12-13H2. The molecule has 0 amide bonds. The van der Waals surface area contributed by atoms with Gasteiger partial charge in [0.2, 0.25) is 0 Å². The highest BCUT2D eigenvalue weighted by Crippen LogP contribution is 2.53. The van der Waals surface area contributed by atoms with Crippen LogP contribution in [0.15, 0.2) is 36.4 Å². The first kappa shape index (κ1) is 15.6. The van der Waals surface area contributed by atoms with Crippen LogP contribution in [0, 0.1) is 5.92 Å². The number of alkyl halides is 3. The van der Waals surface area contributed by atoms with Crippen molar-refractivity contribution in [2.45, 2.75) is 63.0 Å². The molecule has 0 spiro atoms. The van der Waals surface area contributed by atoms with Crippen molar-refractivity contribution in [3.63, 3.8) is 0 Å². The Kier molecular flexibility index (Phi) is 4.09. The molecular formula is C19H23F3. The van der Waals surface area contributed by atoms with Gasteiger partial charge < -0.3 is 0 Å². The predicted molar refractivity (Wildman–Crippen MR) is 82.8 cm³/mol. The fourth-order valence-electron chi connectivity index (χ4n) is 4.66. The zero-order valence-corrected chi connectivity index (χ0v) is 12.9. The van der Waals surface area contributed by atoms with E-state index in [2.05, 4.69) is 18.7 Å². The van der Waals surface area contributed by atoms with Crippen LogP contribution < -0.4 is 0 Å². The van der Waals surface area contributed by atoms with Gasteiger partial charge in [0.1, 0.15) is 0 Å². The van der Waals surface area contributed by atoms with Crippen molar-refractivity contribution < 1.29 is 13.2 Å². The number of rotatable bonds is 3. The first-order valence-electron chi connectivity index (χ1n) is 8.27. The van der Waals surface area contributed by atoms with Crippen molar-refractivity contribution in [2.24, 2.45) is 5.92 Å². The number of benzene rings is 1. The van der Waals surface area contributed by atoms with E-state index in [9.17, 15) is 13.2 Å². The number of aryl methyl sites for hydroxylation is 1. The lowest BCUT2D eigenvalue weighted by Crippen LogP contribution is -2.39. The van der Waals surface area contributed by atoms with Crippen molar-refractivity contribution >= 4 is 0 Å². The summed E-state index contributed by atoms with van der Waals surface area (Å²) in [6.07, 6.45) is 3.03. The van der Waals surface area contributed by atoms with Gasteiger partial charge in [0.15, 0.2) is 0 Å². The maximum Gasteiger partial charge on any atom is 0.412 e. The minimum Gasteiger partial charge on any atom is -0.167 e. The summed E-state index contributed by atoms with van der Waals surface area (Å²) in [4.78, 5) is 0. The van der Waals surface area contributed by atoms with Crippen LogP contribution in [0.4, 0.5) is 13.2 Å². The van der Waals surface area contributed by atoms with Gasteiger partial charge in [-0.1, -0.05) is 43.7 Å². The van der Waals surface area contributed by atoms with Crippen LogP contribution in [-0.4, -0.2) is 6.18 Å². The van der Waals surface area contributed by atoms with Crippen LogP contribution in [0.1, 0.15) is 56.1 Å². The highest BCUT2D eigenvalue weighted by Gasteiger charge is 2.47. The number of hydrogen-bond donors (Lipinski definition) is 0. The average molecular weight is 308 g/mol. The van der Waals surface area contributed by atoms with Gasteiger partial charge in [-0.3, -0.25) is 0 Å². The molecule has 1 unspecified atom stereocenters. The van der Waals surface area contributed by atoms with E-state index in [-0.39, 0.29) is 11.8 Å². The molecule has 1 saturated carbocycles. The minimum atomic E-state index is -4.28. The summed E-state index contributed by atoms with van der Waals surface area (Å²) >= 11 is 0. The van der Waals surface area contributed by atoms with Gasteiger partial charge in [-0.15, -0.1) is 0 Å². The predicted octanol–water partition coefficient (Wildman–Crippen LogP) is 5.96. The summed E-state index contributed by atoms with van der Waals surface area (Å²) in [6.45, 7) is 3.38. The van der Waals surface area contributed by atoms with Crippen LogP contribution >= 0.6 is 0 Å². The third kappa shape index (κ3) is 2.70. The topological polar surface area (TPSA) is 0 Å². The third-order valence-corrected chi connectivity index (χ3v) is 5.69. The van der Waals surface area contributed by atoms with Crippen LogP contribution in [0.25, 0.3) is 0 Å². The van der Waals surface area contributed by atoms with Crippen molar-refractivity contribution in [2.75, 3.05) is 0 Å². The molecule has 2 aliphatic rings. The number of fused-ring (bicyclic) bond motifs is 1. The lowest BCUT2D eigenvalue weighted by Gasteiger charge is -2.45. The zero-order chi connectivity index (χ0) is 15.8. The molecule has 120 valence electrons. The van der Waals surface area contributed by atoms with Gasteiger partial charge in [-0.25, -0.2) is 0 Å². The Hall–Kier alpha value is -1.25. The van der Waals surface area contributed by atoms with Crippen molar-refractivity contribution in [3.05, 3.63) is 47.5 Å². The van der Waals surface area contributed by atoms with Gasteiger partial charge in [-0.2, -0.15) is 13.2 Å². The van der Waals surface area contributed by atoms with E-state index in [1.165, 1.54) is 11.1 Å². The van der Waals surface area contributed by atoms with Gasteiger partial charge in [0.25, 0.3) is 0 Å². The van der Waals surface area contributed by atoms with E-state index in [4.69, 9.17) is 0 Å². The molecule has 1 aromatic rings. The summed E-state index contributed by atoms with van der Waals surface area (Å²) in [5.41, 5.74) is 1.50. The summed E-state index contributed by atoms with van der Waals surface area (Å²) in [5, 5.41) is 0. The normalized spacial score (nSPS) is 26.0. The van der Waals surface area contributed by atoms with Crippen LogP contribution in [0.3, 0.4) is 0 Å². The molecule has 0 heterocycles. The second-order valence-electron chi connectivity index (χ2n) is 6.93. The molecule has 0 aliphatic heterocycles. The van der Waals surface area contributed by atoms with Gasteiger partial charge in [0.05, 0.1) is 0 Å². The zero-order valence-electron chi connectivity index (χ0n) is 12.9. The van der Waals surface area contributed by atoms with Gasteiger partial charge in [-0.05, 0) is 55.6 Å². The van der Waals surface area contributed by atoms with E-state index in [0.717, 1.165) is 44.9 Å². The first-order chi connectivity index (χ1) is 10.4.